The van der Waals surface area contributed by atoms with Crippen LogP contribution < -0.4 is 10.5 Å². The summed E-state index contributed by atoms with van der Waals surface area (Å²) in [5.41, 5.74) is 10.1. The summed E-state index contributed by atoms with van der Waals surface area (Å²) in [6, 6.07) is 12.3. The number of benzene rings is 1. The van der Waals surface area contributed by atoms with Crippen LogP contribution in [0, 0.1) is 6.92 Å². The summed E-state index contributed by atoms with van der Waals surface area (Å²) in [5.74, 6) is 0.857. The summed E-state index contributed by atoms with van der Waals surface area (Å²) in [6.45, 7) is 4.21. The van der Waals surface area contributed by atoms with E-state index >= 15 is 0 Å². The van der Waals surface area contributed by atoms with Crippen LogP contribution in [0.25, 0.3) is 0 Å². The highest BCUT2D eigenvalue weighted by atomic mass is 16.5. The van der Waals surface area contributed by atoms with Gasteiger partial charge in [-0.3, -0.25) is 9.88 Å². The number of nitrogens with two attached hydrogens (primary N) is 1. The molecular weight excluding hydrogens is 262 g/mol. The van der Waals surface area contributed by atoms with Gasteiger partial charge in [0.2, 0.25) is 0 Å². The van der Waals surface area contributed by atoms with E-state index in [1.165, 1.54) is 5.56 Å². The van der Waals surface area contributed by atoms with Crippen LogP contribution in [0.3, 0.4) is 0 Å². The third kappa shape index (κ3) is 4.55. The molecule has 2 rings (SSSR count). The van der Waals surface area contributed by atoms with Crippen LogP contribution in [0.1, 0.15) is 22.5 Å². The smallest absolute Gasteiger partial charge is 0.122 e. The number of nitrogens with zero attached hydrogens (tertiary/aromatic N) is 2. The van der Waals surface area contributed by atoms with Crippen LogP contribution in [0.2, 0.25) is 0 Å². The van der Waals surface area contributed by atoms with Crippen LogP contribution in [0.5, 0.6) is 5.75 Å². The quantitative estimate of drug-likeness (QED) is 0.886. The molecule has 2 N–H and O–H groups in total. The van der Waals surface area contributed by atoms with Crippen molar-refractivity contribution in [3.8, 4) is 5.75 Å². The summed E-state index contributed by atoms with van der Waals surface area (Å²) in [4.78, 5) is 6.79. The maximum absolute atomic E-state index is 5.68. The van der Waals surface area contributed by atoms with E-state index in [1.807, 2.05) is 19.1 Å². The van der Waals surface area contributed by atoms with Crippen LogP contribution in [0.15, 0.2) is 36.4 Å². The van der Waals surface area contributed by atoms with E-state index in [-0.39, 0.29) is 0 Å². The molecule has 0 saturated heterocycles. The zero-order chi connectivity index (χ0) is 15.2. The monoisotopic (exact) mass is 285 g/mol. The maximum Gasteiger partial charge on any atom is 0.122 e. The molecule has 2 aromatic rings. The Labute approximate surface area is 126 Å². The summed E-state index contributed by atoms with van der Waals surface area (Å²) < 4.78 is 5.29. The molecule has 4 heteroatoms. The van der Waals surface area contributed by atoms with E-state index in [2.05, 4.69) is 41.2 Å². The highest BCUT2D eigenvalue weighted by Gasteiger charge is 2.06. The molecule has 1 heterocycles. The normalized spacial score (nSPS) is 10.9. The lowest BCUT2D eigenvalue weighted by molar-refractivity contribution is 0.313. The van der Waals surface area contributed by atoms with E-state index in [0.717, 1.165) is 35.8 Å². The van der Waals surface area contributed by atoms with Gasteiger partial charge in [-0.05, 0) is 25.1 Å². The minimum absolute atomic E-state index is 0.578. The number of hydrogen-bond donors (Lipinski definition) is 1. The molecule has 0 radical (unpaired) electrons. The Balaban J connectivity index is 2.04. The van der Waals surface area contributed by atoms with Gasteiger partial charge in [0.15, 0.2) is 0 Å². The fourth-order valence-corrected chi connectivity index (χ4v) is 2.40. The van der Waals surface area contributed by atoms with Gasteiger partial charge < -0.3 is 10.5 Å². The summed E-state index contributed by atoms with van der Waals surface area (Å²) >= 11 is 0. The van der Waals surface area contributed by atoms with E-state index in [0.29, 0.717) is 6.54 Å². The molecule has 0 amide bonds. The van der Waals surface area contributed by atoms with Crippen molar-refractivity contribution < 1.29 is 4.74 Å². The van der Waals surface area contributed by atoms with Crippen molar-refractivity contribution in [2.75, 3.05) is 14.2 Å². The van der Waals surface area contributed by atoms with Crippen molar-refractivity contribution in [2.24, 2.45) is 5.73 Å². The molecule has 1 aromatic carbocycles. The van der Waals surface area contributed by atoms with Crippen LogP contribution in [-0.4, -0.2) is 24.0 Å². The largest absolute Gasteiger partial charge is 0.497 e. The summed E-state index contributed by atoms with van der Waals surface area (Å²) in [6.07, 6.45) is 0. The Morgan fingerprint density at radius 2 is 1.90 bits per heavy atom. The first-order valence-electron chi connectivity index (χ1n) is 7.08. The average molecular weight is 285 g/mol. The van der Waals surface area contributed by atoms with Gasteiger partial charge in [0, 0.05) is 37.5 Å². The molecule has 0 saturated carbocycles. The Bertz CT molecular complexity index is 598. The molecule has 0 bridgehead atoms. The number of aryl methyl sites for hydroxylation is 1. The van der Waals surface area contributed by atoms with Crippen molar-refractivity contribution >= 4 is 0 Å². The molecule has 0 spiro atoms. The SMILES string of the molecule is COc1cc(C)nc(CN(C)Cc2cccc(CN)c2)c1. The second-order valence-electron chi connectivity index (χ2n) is 5.34. The minimum atomic E-state index is 0.578. The predicted octanol–water partition coefficient (Wildman–Crippen LogP) is 2.49. The van der Waals surface area contributed by atoms with Crippen molar-refractivity contribution in [1.29, 1.82) is 0 Å². The lowest BCUT2D eigenvalue weighted by atomic mass is 10.1. The molecule has 112 valence electrons. The highest BCUT2D eigenvalue weighted by Crippen LogP contribution is 2.15. The van der Waals surface area contributed by atoms with Crippen molar-refractivity contribution in [2.45, 2.75) is 26.6 Å². The molecule has 0 aliphatic rings. The molecule has 0 aliphatic heterocycles. The van der Waals surface area contributed by atoms with Crippen molar-refractivity contribution in [3.63, 3.8) is 0 Å². The van der Waals surface area contributed by atoms with E-state index < -0.39 is 0 Å². The van der Waals surface area contributed by atoms with Gasteiger partial charge in [-0.1, -0.05) is 24.3 Å². The molecule has 0 aliphatic carbocycles. The number of hydrogen-bond acceptors (Lipinski definition) is 4. The van der Waals surface area contributed by atoms with E-state index in [1.54, 1.807) is 7.11 Å². The Morgan fingerprint density at radius 1 is 1.14 bits per heavy atom. The molecule has 4 nitrogen and oxygen atoms in total. The fraction of sp³-hybridized carbons (Fsp3) is 0.353. The second kappa shape index (κ2) is 7.20. The Kier molecular flexibility index (Phi) is 5.31. The van der Waals surface area contributed by atoms with Crippen LogP contribution >= 0.6 is 0 Å². The lowest BCUT2D eigenvalue weighted by Crippen LogP contribution is -2.18. The first kappa shape index (κ1) is 15.5. The number of rotatable bonds is 6. The molecule has 0 unspecified atom stereocenters. The zero-order valence-corrected chi connectivity index (χ0v) is 13.0. The van der Waals surface area contributed by atoms with Gasteiger partial charge in [-0.25, -0.2) is 0 Å². The lowest BCUT2D eigenvalue weighted by Gasteiger charge is -2.17. The maximum atomic E-state index is 5.68. The third-order valence-corrected chi connectivity index (χ3v) is 3.33. The topological polar surface area (TPSA) is 51.4 Å². The first-order valence-corrected chi connectivity index (χ1v) is 7.08. The molecule has 0 fully saturated rings. The second-order valence-corrected chi connectivity index (χ2v) is 5.34. The van der Waals surface area contributed by atoms with Gasteiger partial charge in [0.05, 0.1) is 12.8 Å². The summed E-state index contributed by atoms with van der Waals surface area (Å²) in [5, 5.41) is 0. The molecule has 1 aromatic heterocycles. The summed E-state index contributed by atoms with van der Waals surface area (Å²) in [7, 11) is 3.77. The number of ether oxygens (including phenoxy) is 1. The van der Waals surface area contributed by atoms with Gasteiger partial charge >= 0.3 is 0 Å². The first-order chi connectivity index (χ1) is 10.1. The molecular formula is C17H23N3O. The zero-order valence-electron chi connectivity index (χ0n) is 13.0. The predicted molar refractivity (Wildman–Crippen MR) is 85.0 cm³/mol. The van der Waals surface area contributed by atoms with Gasteiger partial charge in [-0.2, -0.15) is 0 Å². The minimum Gasteiger partial charge on any atom is -0.497 e. The van der Waals surface area contributed by atoms with Crippen molar-refractivity contribution in [1.82, 2.24) is 9.88 Å². The number of methoxy groups -OCH3 is 1. The van der Waals surface area contributed by atoms with Crippen LogP contribution in [0.4, 0.5) is 0 Å². The van der Waals surface area contributed by atoms with E-state index in [4.69, 9.17) is 10.5 Å². The third-order valence-electron chi connectivity index (χ3n) is 3.33. The van der Waals surface area contributed by atoms with Gasteiger partial charge in [0.25, 0.3) is 0 Å². The highest BCUT2D eigenvalue weighted by molar-refractivity contribution is 5.27. The Hall–Kier alpha value is -1.91. The fourth-order valence-electron chi connectivity index (χ4n) is 2.40. The average Bonchev–Trinajstić information content (AvgIpc) is 2.46. The Morgan fingerprint density at radius 3 is 2.62 bits per heavy atom. The van der Waals surface area contributed by atoms with Gasteiger partial charge in [0.1, 0.15) is 5.75 Å². The standard InChI is InChI=1S/C17H23N3O/c1-13-7-17(21-3)9-16(19-13)12-20(2)11-15-6-4-5-14(8-15)10-18/h4-9H,10-12,18H2,1-3H3. The molecule has 21 heavy (non-hydrogen) atoms. The van der Waals surface area contributed by atoms with Crippen molar-refractivity contribution in [3.05, 3.63) is 58.9 Å². The van der Waals surface area contributed by atoms with E-state index in [9.17, 15) is 0 Å². The number of pyridine rings is 1. The van der Waals surface area contributed by atoms with Gasteiger partial charge in [-0.15, -0.1) is 0 Å². The van der Waals surface area contributed by atoms with Crippen LogP contribution in [-0.2, 0) is 19.6 Å². The molecule has 0 atom stereocenters. The number of aromatic nitrogens is 1.